The van der Waals surface area contributed by atoms with Crippen LogP contribution in [0.4, 0.5) is 0 Å². The zero-order valence-electron chi connectivity index (χ0n) is 11.3. The number of carbonyl (C=O) groups is 1. The number of amides is 1. The van der Waals surface area contributed by atoms with Crippen molar-refractivity contribution in [1.29, 1.82) is 0 Å². The van der Waals surface area contributed by atoms with Crippen molar-refractivity contribution in [3.05, 3.63) is 36.4 Å². The van der Waals surface area contributed by atoms with Crippen LogP contribution in [0.15, 0.2) is 34.9 Å². The van der Waals surface area contributed by atoms with Crippen LogP contribution in [0.25, 0.3) is 22.4 Å². The molecule has 0 atom stereocenters. The maximum absolute atomic E-state index is 11.6. The van der Waals surface area contributed by atoms with Gasteiger partial charge in [-0.2, -0.15) is 0 Å². The first-order chi connectivity index (χ1) is 9.69. The van der Waals surface area contributed by atoms with E-state index in [0.717, 1.165) is 16.5 Å². The van der Waals surface area contributed by atoms with E-state index < -0.39 is 0 Å². The molecular weight excluding hydrogens is 256 g/mol. The van der Waals surface area contributed by atoms with Crippen molar-refractivity contribution in [2.75, 3.05) is 7.05 Å². The Kier molecular flexibility index (Phi) is 2.98. The summed E-state index contributed by atoms with van der Waals surface area (Å²) >= 11 is 0. The lowest BCUT2D eigenvalue weighted by Crippen LogP contribution is -2.22. The Labute approximate surface area is 115 Å². The fraction of sp³-hybridized carbons (Fsp3) is 0.214. The highest BCUT2D eigenvalue weighted by Gasteiger charge is 2.15. The average Bonchev–Trinajstić information content (AvgIpc) is 3.03. The van der Waals surface area contributed by atoms with Crippen LogP contribution in [0.1, 0.15) is 5.89 Å². The summed E-state index contributed by atoms with van der Waals surface area (Å²) in [5, 5.41) is 11.5. The molecule has 1 aromatic carbocycles. The van der Waals surface area contributed by atoms with Gasteiger partial charge in [0.05, 0.1) is 5.56 Å². The number of para-hydroxylation sites is 1. The van der Waals surface area contributed by atoms with Gasteiger partial charge in [0.15, 0.2) is 0 Å². The maximum atomic E-state index is 11.6. The van der Waals surface area contributed by atoms with Crippen LogP contribution in [0.5, 0.6) is 0 Å². The van der Waals surface area contributed by atoms with Gasteiger partial charge in [0.2, 0.25) is 17.7 Å². The average molecular weight is 270 g/mol. The summed E-state index contributed by atoms with van der Waals surface area (Å²) in [5.74, 6) is 0.927. The van der Waals surface area contributed by atoms with E-state index in [0.29, 0.717) is 11.8 Å². The van der Waals surface area contributed by atoms with Gasteiger partial charge in [0.25, 0.3) is 0 Å². The van der Waals surface area contributed by atoms with Gasteiger partial charge in [-0.25, -0.2) is 0 Å². The minimum atomic E-state index is -0.0565. The van der Waals surface area contributed by atoms with Crippen LogP contribution in [-0.2, 0) is 11.3 Å². The molecule has 0 unspecified atom stereocenters. The highest BCUT2D eigenvalue weighted by Crippen LogP contribution is 2.29. The fourth-order valence-corrected chi connectivity index (χ4v) is 2.19. The van der Waals surface area contributed by atoms with Gasteiger partial charge in [-0.15, -0.1) is 10.2 Å². The minimum absolute atomic E-state index is 0.0565. The number of hydrogen-bond acceptors (Lipinski definition) is 4. The summed E-state index contributed by atoms with van der Waals surface area (Å²) in [7, 11) is 1.62. The van der Waals surface area contributed by atoms with E-state index in [9.17, 15) is 4.79 Å². The second-order valence-corrected chi connectivity index (χ2v) is 4.49. The zero-order valence-corrected chi connectivity index (χ0v) is 11.3. The predicted molar refractivity (Wildman–Crippen MR) is 74.0 cm³/mol. The smallest absolute Gasteiger partial charge is 0.249 e. The third kappa shape index (κ3) is 2.05. The summed E-state index contributed by atoms with van der Waals surface area (Å²) < 4.78 is 7.36. The number of likely N-dealkylation sites (N-methyl/N-ethyl adjacent to an activating group) is 1. The quantitative estimate of drug-likeness (QED) is 0.787. The Bertz CT molecular complexity index is 772. The number of hydrogen-bond donors (Lipinski definition) is 1. The number of aromatic nitrogens is 3. The lowest BCUT2D eigenvalue weighted by Gasteiger charge is -2.03. The van der Waals surface area contributed by atoms with Crippen LogP contribution in [0, 0.1) is 6.92 Å². The van der Waals surface area contributed by atoms with E-state index in [4.69, 9.17) is 4.42 Å². The zero-order chi connectivity index (χ0) is 14.1. The van der Waals surface area contributed by atoms with Crippen molar-refractivity contribution in [1.82, 2.24) is 20.1 Å². The van der Waals surface area contributed by atoms with Gasteiger partial charge in [-0.1, -0.05) is 18.2 Å². The second-order valence-electron chi connectivity index (χ2n) is 4.49. The molecule has 0 saturated carbocycles. The Balaban J connectivity index is 2.15. The van der Waals surface area contributed by atoms with Crippen molar-refractivity contribution in [3.8, 4) is 11.5 Å². The number of nitrogens with one attached hydrogen (secondary N) is 1. The Morgan fingerprint density at radius 2 is 2.15 bits per heavy atom. The molecule has 2 aromatic heterocycles. The first kappa shape index (κ1) is 12.4. The van der Waals surface area contributed by atoms with Crippen molar-refractivity contribution < 1.29 is 9.21 Å². The van der Waals surface area contributed by atoms with Crippen molar-refractivity contribution >= 4 is 16.8 Å². The summed E-state index contributed by atoms with van der Waals surface area (Å²) in [6.45, 7) is 2.00. The topological polar surface area (TPSA) is 73.0 Å². The normalized spacial score (nSPS) is 10.9. The SMILES string of the molecule is CNC(=O)Cn1cc(-c2nnc(C)o2)c2ccccc21. The minimum Gasteiger partial charge on any atom is -0.421 e. The van der Waals surface area contributed by atoms with E-state index >= 15 is 0 Å². The first-order valence-corrected chi connectivity index (χ1v) is 6.28. The molecular formula is C14H14N4O2. The molecule has 0 spiro atoms. The molecule has 20 heavy (non-hydrogen) atoms. The largest absolute Gasteiger partial charge is 0.421 e. The molecule has 0 aliphatic carbocycles. The Morgan fingerprint density at radius 3 is 2.85 bits per heavy atom. The molecule has 0 fully saturated rings. The van der Waals surface area contributed by atoms with Crippen molar-refractivity contribution in [2.45, 2.75) is 13.5 Å². The van der Waals surface area contributed by atoms with Gasteiger partial charge >= 0.3 is 0 Å². The van der Waals surface area contributed by atoms with Gasteiger partial charge < -0.3 is 14.3 Å². The summed E-state index contributed by atoms with van der Waals surface area (Å²) in [5.41, 5.74) is 1.80. The van der Waals surface area contributed by atoms with Gasteiger partial charge in [-0.05, 0) is 6.07 Å². The molecule has 6 nitrogen and oxygen atoms in total. The highest BCUT2D eigenvalue weighted by atomic mass is 16.4. The van der Waals surface area contributed by atoms with Crippen LogP contribution < -0.4 is 5.32 Å². The number of fused-ring (bicyclic) bond motifs is 1. The number of benzene rings is 1. The standard InChI is InChI=1S/C14H14N4O2/c1-9-16-17-14(20-9)11-7-18(8-13(19)15-2)12-6-4-3-5-10(11)12/h3-7H,8H2,1-2H3,(H,15,19). The van der Waals surface area contributed by atoms with Crippen LogP contribution in [0.2, 0.25) is 0 Å². The molecule has 0 radical (unpaired) electrons. The molecule has 3 rings (SSSR count). The molecule has 102 valence electrons. The number of aryl methyl sites for hydroxylation is 1. The second kappa shape index (κ2) is 4.80. The molecule has 0 bridgehead atoms. The lowest BCUT2D eigenvalue weighted by atomic mass is 10.2. The van der Waals surface area contributed by atoms with Crippen LogP contribution in [0.3, 0.4) is 0 Å². The highest BCUT2D eigenvalue weighted by molar-refractivity contribution is 5.94. The number of carbonyl (C=O) groups excluding carboxylic acids is 1. The molecule has 6 heteroatoms. The maximum Gasteiger partial charge on any atom is 0.249 e. The molecule has 1 N–H and O–H groups in total. The lowest BCUT2D eigenvalue weighted by molar-refractivity contribution is -0.121. The Morgan fingerprint density at radius 1 is 1.35 bits per heavy atom. The summed E-state index contributed by atoms with van der Waals surface area (Å²) in [6, 6.07) is 7.82. The van der Waals surface area contributed by atoms with E-state index in [1.54, 1.807) is 14.0 Å². The van der Waals surface area contributed by atoms with Crippen molar-refractivity contribution in [2.24, 2.45) is 0 Å². The monoisotopic (exact) mass is 270 g/mol. The molecule has 2 heterocycles. The predicted octanol–water partition coefficient (Wildman–Crippen LogP) is 1.75. The third-order valence-corrected chi connectivity index (χ3v) is 3.14. The molecule has 3 aromatic rings. The fourth-order valence-electron chi connectivity index (χ4n) is 2.19. The number of rotatable bonds is 3. The Hall–Kier alpha value is -2.63. The third-order valence-electron chi connectivity index (χ3n) is 3.14. The van der Waals surface area contributed by atoms with Crippen LogP contribution in [-0.4, -0.2) is 27.7 Å². The van der Waals surface area contributed by atoms with Crippen LogP contribution >= 0.6 is 0 Å². The van der Waals surface area contributed by atoms with Gasteiger partial charge in [0, 0.05) is 31.1 Å². The van der Waals surface area contributed by atoms with E-state index in [2.05, 4.69) is 15.5 Å². The van der Waals surface area contributed by atoms with E-state index in [-0.39, 0.29) is 12.5 Å². The van der Waals surface area contributed by atoms with Gasteiger partial charge in [0.1, 0.15) is 6.54 Å². The molecule has 0 aliphatic heterocycles. The van der Waals surface area contributed by atoms with Gasteiger partial charge in [-0.3, -0.25) is 4.79 Å². The summed E-state index contributed by atoms with van der Waals surface area (Å²) in [6.07, 6.45) is 1.87. The summed E-state index contributed by atoms with van der Waals surface area (Å²) in [4.78, 5) is 11.6. The number of nitrogens with zero attached hydrogens (tertiary/aromatic N) is 3. The van der Waals surface area contributed by atoms with E-state index in [1.807, 2.05) is 35.0 Å². The molecule has 0 saturated heterocycles. The van der Waals surface area contributed by atoms with E-state index in [1.165, 1.54) is 0 Å². The molecule has 0 aliphatic rings. The van der Waals surface area contributed by atoms with Crippen molar-refractivity contribution in [3.63, 3.8) is 0 Å². The first-order valence-electron chi connectivity index (χ1n) is 6.28. The molecule has 1 amide bonds.